The number of halogens is 1. The molecule has 20 heavy (non-hydrogen) atoms. The minimum atomic E-state index is 0.384. The van der Waals surface area contributed by atoms with E-state index in [1.807, 2.05) is 11.3 Å². The van der Waals surface area contributed by atoms with Crippen LogP contribution in [0, 0.1) is 6.92 Å². The minimum Gasteiger partial charge on any atom is -0.314 e. The van der Waals surface area contributed by atoms with Crippen LogP contribution < -0.4 is 5.32 Å². The van der Waals surface area contributed by atoms with Crippen LogP contribution in [0.4, 0.5) is 0 Å². The second-order valence-corrected chi connectivity index (χ2v) is 7.68. The standard InChI is InChI=1S/C16H19BrN2S/c1-12-4-2-3-5-13(12)16(14-6-7-15(17)20-14)19-10-8-18-9-11-19/h2-7,16,18H,8-11H2,1H3. The van der Waals surface area contributed by atoms with E-state index in [0.29, 0.717) is 6.04 Å². The van der Waals surface area contributed by atoms with Gasteiger partial charge >= 0.3 is 0 Å². The first-order valence-corrected chi connectivity index (χ1v) is 8.62. The zero-order valence-electron chi connectivity index (χ0n) is 11.6. The van der Waals surface area contributed by atoms with Crippen LogP contribution in [0.5, 0.6) is 0 Å². The van der Waals surface area contributed by atoms with Gasteiger partial charge in [0.15, 0.2) is 0 Å². The molecule has 1 fully saturated rings. The van der Waals surface area contributed by atoms with E-state index in [2.05, 4.69) is 69.5 Å². The van der Waals surface area contributed by atoms with Crippen molar-refractivity contribution >= 4 is 27.3 Å². The van der Waals surface area contributed by atoms with Gasteiger partial charge in [-0.15, -0.1) is 11.3 Å². The van der Waals surface area contributed by atoms with Crippen molar-refractivity contribution in [1.29, 1.82) is 0 Å². The highest BCUT2D eigenvalue weighted by Gasteiger charge is 2.26. The second-order valence-electron chi connectivity index (χ2n) is 5.19. The fraction of sp³-hybridized carbons (Fsp3) is 0.375. The predicted octanol–water partition coefficient (Wildman–Crippen LogP) is 3.81. The van der Waals surface area contributed by atoms with Gasteiger partial charge in [-0.25, -0.2) is 0 Å². The molecule has 4 heteroatoms. The van der Waals surface area contributed by atoms with E-state index in [1.54, 1.807) is 0 Å². The lowest BCUT2D eigenvalue weighted by Gasteiger charge is -2.35. The summed E-state index contributed by atoms with van der Waals surface area (Å²) in [5.41, 5.74) is 2.81. The Hall–Kier alpha value is -0.680. The maximum absolute atomic E-state index is 3.60. The first kappa shape index (κ1) is 14.3. The van der Waals surface area contributed by atoms with Crippen LogP contribution in [0.1, 0.15) is 22.0 Å². The normalized spacial score (nSPS) is 18.1. The Balaban J connectivity index is 2.01. The summed E-state index contributed by atoms with van der Waals surface area (Å²) in [6.45, 7) is 6.58. The average molecular weight is 351 g/mol. The van der Waals surface area contributed by atoms with Crippen molar-refractivity contribution in [1.82, 2.24) is 10.2 Å². The maximum Gasteiger partial charge on any atom is 0.0702 e. The molecule has 0 spiro atoms. The van der Waals surface area contributed by atoms with Crippen molar-refractivity contribution in [2.45, 2.75) is 13.0 Å². The monoisotopic (exact) mass is 350 g/mol. The van der Waals surface area contributed by atoms with Gasteiger partial charge in [-0.2, -0.15) is 0 Å². The molecule has 1 aromatic carbocycles. The third kappa shape index (κ3) is 2.98. The molecule has 1 saturated heterocycles. The van der Waals surface area contributed by atoms with Gasteiger partial charge in [0.2, 0.25) is 0 Å². The topological polar surface area (TPSA) is 15.3 Å². The molecule has 1 aromatic heterocycles. The smallest absolute Gasteiger partial charge is 0.0702 e. The predicted molar refractivity (Wildman–Crippen MR) is 89.5 cm³/mol. The Labute approximate surface area is 132 Å². The van der Waals surface area contributed by atoms with E-state index < -0.39 is 0 Å². The van der Waals surface area contributed by atoms with E-state index in [9.17, 15) is 0 Å². The number of aryl methyl sites for hydroxylation is 1. The minimum absolute atomic E-state index is 0.384. The van der Waals surface area contributed by atoms with E-state index in [4.69, 9.17) is 0 Å². The largest absolute Gasteiger partial charge is 0.314 e. The van der Waals surface area contributed by atoms with E-state index in [1.165, 1.54) is 19.8 Å². The van der Waals surface area contributed by atoms with Crippen LogP contribution >= 0.6 is 27.3 Å². The number of hydrogen-bond acceptors (Lipinski definition) is 3. The summed E-state index contributed by atoms with van der Waals surface area (Å²) in [5.74, 6) is 0. The van der Waals surface area contributed by atoms with Crippen molar-refractivity contribution in [2.24, 2.45) is 0 Å². The molecule has 1 atom stereocenters. The highest BCUT2D eigenvalue weighted by Crippen LogP contribution is 2.36. The lowest BCUT2D eigenvalue weighted by atomic mass is 9.98. The fourth-order valence-electron chi connectivity index (χ4n) is 2.84. The van der Waals surface area contributed by atoms with Crippen LogP contribution in [0.15, 0.2) is 40.2 Å². The molecular formula is C16H19BrN2S. The van der Waals surface area contributed by atoms with Gasteiger partial charge in [0, 0.05) is 31.1 Å². The van der Waals surface area contributed by atoms with Gasteiger partial charge in [0.05, 0.1) is 9.83 Å². The molecule has 0 bridgehead atoms. The second kappa shape index (κ2) is 6.39. The average Bonchev–Trinajstić information content (AvgIpc) is 2.89. The Morgan fingerprint density at radius 1 is 1.15 bits per heavy atom. The van der Waals surface area contributed by atoms with Gasteiger partial charge in [-0.3, -0.25) is 4.90 Å². The van der Waals surface area contributed by atoms with Gasteiger partial charge in [0.25, 0.3) is 0 Å². The number of nitrogens with zero attached hydrogens (tertiary/aromatic N) is 1. The van der Waals surface area contributed by atoms with Crippen LogP contribution in [-0.4, -0.2) is 31.1 Å². The Morgan fingerprint density at radius 3 is 2.55 bits per heavy atom. The summed E-state index contributed by atoms with van der Waals surface area (Å²) in [6.07, 6.45) is 0. The number of benzene rings is 1. The molecular weight excluding hydrogens is 332 g/mol. The van der Waals surface area contributed by atoms with Gasteiger partial charge < -0.3 is 5.32 Å². The lowest BCUT2D eigenvalue weighted by Crippen LogP contribution is -2.45. The first-order chi connectivity index (χ1) is 9.75. The SMILES string of the molecule is Cc1ccccc1C(c1ccc(Br)s1)N1CCNCC1. The Morgan fingerprint density at radius 2 is 1.90 bits per heavy atom. The zero-order valence-corrected chi connectivity index (χ0v) is 14.0. The summed E-state index contributed by atoms with van der Waals surface area (Å²) >= 11 is 5.45. The number of piperazine rings is 1. The third-order valence-electron chi connectivity index (χ3n) is 3.86. The van der Waals surface area contributed by atoms with E-state index in [-0.39, 0.29) is 0 Å². The van der Waals surface area contributed by atoms with Crippen LogP contribution in [-0.2, 0) is 0 Å². The number of hydrogen-bond donors (Lipinski definition) is 1. The van der Waals surface area contributed by atoms with Crippen molar-refractivity contribution in [2.75, 3.05) is 26.2 Å². The third-order valence-corrected chi connectivity index (χ3v) is 5.54. The van der Waals surface area contributed by atoms with Gasteiger partial charge in [-0.05, 0) is 46.1 Å². The number of nitrogens with one attached hydrogen (secondary N) is 1. The summed E-state index contributed by atoms with van der Waals surface area (Å²) < 4.78 is 1.21. The summed E-state index contributed by atoms with van der Waals surface area (Å²) in [7, 11) is 0. The van der Waals surface area contributed by atoms with Crippen LogP contribution in [0.2, 0.25) is 0 Å². The van der Waals surface area contributed by atoms with Crippen LogP contribution in [0.25, 0.3) is 0 Å². The summed E-state index contributed by atoms with van der Waals surface area (Å²) in [5, 5.41) is 3.44. The molecule has 0 amide bonds. The summed E-state index contributed by atoms with van der Waals surface area (Å²) in [4.78, 5) is 4.02. The molecule has 0 radical (unpaired) electrons. The highest BCUT2D eigenvalue weighted by molar-refractivity contribution is 9.11. The van der Waals surface area contributed by atoms with Gasteiger partial charge in [-0.1, -0.05) is 24.3 Å². The highest BCUT2D eigenvalue weighted by atomic mass is 79.9. The molecule has 2 aromatic rings. The Bertz CT molecular complexity index is 575. The molecule has 2 heterocycles. The molecule has 1 unspecified atom stereocenters. The van der Waals surface area contributed by atoms with Crippen molar-refractivity contribution in [3.8, 4) is 0 Å². The molecule has 0 saturated carbocycles. The summed E-state index contributed by atoms with van der Waals surface area (Å²) in [6, 6.07) is 13.6. The molecule has 106 valence electrons. The maximum atomic E-state index is 3.60. The molecule has 1 aliphatic rings. The molecule has 3 rings (SSSR count). The molecule has 0 aliphatic carbocycles. The quantitative estimate of drug-likeness (QED) is 0.905. The number of rotatable bonds is 3. The van der Waals surface area contributed by atoms with Crippen LogP contribution in [0.3, 0.4) is 0 Å². The molecule has 2 nitrogen and oxygen atoms in total. The number of thiophene rings is 1. The molecule has 1 aliphatic heterocycles. The zero-order chi connectivity index (χ0) is 13.9. The van der Waals surface area contributed by atoms with E-state index in [0.717, 1.165) is 26.2 Å². The Kier molecular flexibility index (Phi) is 4.56. The first-order valence-electron chi connectivity index (χ1n) is 7.01. The van der Waals surface area contributed by atoms with Crippen molar-refractivity contribution in [3.05, 3.63) is 56.2 Å². The van der Waals surface area contributed by atoms with Gasteiger partial charge in [0.1, 0.15) is 0 Å². The van der Waals surface area contributed by atoms with Crippen molar-refractivity contribution < 1.29 is 0 Å². The molecule has 1 N–H and O–H groups in total. The fourth-order valence-corrected chi connectivity index (χ4v) is 4.42. The van der Waals surface area contributed by atoms with E-state index >= 15 is 0 Å². The lowest BCUT2D eigenvalue weighted by molar-refractivity contribution is 0.200. The van der Waals surface area contributed by atoms with Crippen molar-refractivity contribution in [3.63, 3.8) is 0 Å².